The second kappa shape index (κ2) is 9.70. The van der Waals surface area contributed by atoms with Gasteiger partial charge in [0.1, 0.15) is 0 Å². The van der Waals surface area contributed by atoms with Gasteiger partial charge in [0.2, 0.25) is 0 Å². The minimum atomic E-state index is -0.801. The van der Waals surface area contributed by atoms with Crippen LogP contribution in [0.2, 0.25) is 0 Å². The van der Waals surface area contributed by atoms with E-state index in [1.807, 2.05) is 13.8 Å². The van der Waals surface area contributed by atoms with Crippen molar-refractivity contribution in [3.8, 4) is 0 Å². The van der Waals surface area contributed by atoms with Gasteiger partial charge in [-0.2, -0.15) is 0 Å². The van der Waals surface area contributed by atoms with Crippen LogP contribution in [0.15, 0.2) is 0 Å². The number of carbonyl (C=O) groups is 2. The lowest BCUT2D eigenvalue weighted by Crippen LogP contribution is -2.40. The highest BCUT2D eigenvalue weighted by Crippen LogP contribution is 2.03. The molecule has 0 rings (SSSR count). The maximum absolute atomic E-state index is 11.3. The molecule has 3 N–H and O–H groups in total. The van der Waals surface area contributed by atoms with Gasteiger partial charge in [-0.1, -0.05) is 6.92 Å². The van der Waals surface area contributed by atoms with Crippen LogP contribution in [0.1, 0.15) is 33.6 Å². The summed E-state index contributed by atoms with van der Waals surface area (Å²) in [5.74, 6) is -1.17. The van der Waals surface area contributed by atoms with E-state index in [1.54, 1.807) is 6.92 Å². The molecular formula is C12H24N2O4. The first-order chi connectivity index (χ1) is 8.47. The van der Waals surface area contributed by atoms with Crippen molar-refractivity contribution in [3.63, 3.8) is 0 Å². The number of carboxylic acids is 1. The lowest BCUT2D eigenvalue weighted by molar-refractivity contribution is -0.141. The van der Waals surface area contributed by atoms with Crippen molar-refractivity contribution >= 4 is 12.0 Å². The Morgan fingerprint density at radius 2 is 1.94 bits per heavy atom. The predicted molar refractivity (Wildman–Crippen MR) is 68.5 cm³/mol. The molecule has 0 aromatic rings. The predicted octanol–water partition coefficient (Wildman–Crippen LogP) is 1.21. The molecule has 0 aliphatic rings. The molecule has 106 valence electrons. The van der Waals surface area contributed by atoms with Gasteiger partial charge in [-0.05, 0) is 26.7 Å². The minimum absolute atomic E-state index is 0.00668. The van der Waals surface area contributed by atoms with Gasteiger partial charge < -0.3 is 20.5 Å². The molecule has 0 saturated heterocycles. The third kappa shape index (κ3) is 8.81. The largest absolute Gasteiger partial charge is 0.481 e. The number of hydrogen-bond donors (Lipinski definition) is 3. The molecule has 2 atom stereocenters. The molecular weight excluding hydrogens is 236 g/mol. The summed E-state index contributed by atoms with van der Waals surface area (Å²) in [6.07, 6.45) is 1.21. The fourth-order valence-corrected chi connectivity index (χ4v) is 1.38. The van der Waals surface area contributed by atoms with Crippen LogP contribution < -0.4 is 10.6 Å². The Hall–Kier alpha value is -1.30. The van der Waals surface area contributed by atoms with Crippen LogP contribution in [-0.4, -0.2) is 42.9 Å². The molecule has 0 aromatic heterocycles. The zero-order valence-corrected chi connectivity index (χ0v) is 11.4. The fraction of sp³-hybridized carbons (Fsp3) is 0.833. The molecule has 0 heterocycles. The van der Waals surface area contributed by atoms with Crippen LogP contribution in [0.5, 0.6) is 0 Å². The highest BCUT2D eigenvalue weighted by atomic mass is 16.5. The van der Waals surface area contributed by atoms with Gasteiger partial charge >= 0.3 is 12.0 Å². The van der Waals surface area contributed by atoms with E-state index in [-0.39, 0.29) is 18.1 Å². The number of carbonyl (C=O) groups excluding carboxylic acids is 1. The van der Waals surface area contributed by atoms with Gasteiger partial charge in [0.25, 0.3) is 0 Å². The Bertz CT molecular complexity index is 258. The molecule has 0 aliphatic heterocycles. The third-order valence-electron chi connectivity index (χ3n) is 2.52. The molecule has 2 amide bonds. The van der Waals surface area contributed by atoms with Crippen molar-refractivity contribution < 1.29 is 19.4 Å². The first kappa shape index (κ1) is 16.7. The highest BCUT2D eigenvalue weighted by Gasteiger charge is 2.10. The van der Waals surface area contributed by atoms with Gasteiger partial charge in [-0.15, -0.1) is 0 Å². The van der Waals surface area contributed by atoms with Crippen molar-refractivity contribution in [1.82, 2.24) is 10.6 Å². The lowest BCUT2D eigenvalue weighted by atomic mass is 10.1. The van der Waals surface area contributed by atoms with E-state index in [2.05, 4.69) is 10.6 Å². The van der Waals surface area contributed by atoms with E-state index >= 15 is 0 Å². The number of amides is 2. The van der Waals surface area contributed by atoms with Gasteiger partial charge in [-0.3, -0.25) is 4.79 Å². The normalized spacial score (nSPS) is 13.7. The number of urea groups is 1. The smallest absolute Gasteiger partial charge is 0.314 e. The van der Waals surface area contributed by atoms with Crippen molar-refractivity contribution in [1.29, 1.82) is 0 Å². The summed E-state index contributed by atoms with van der Waals surface area (Å²) < 4.78 is 5.27. The molecule has 18 heavy (non-hydrogen) atoms. The van der Waals surface area contributed by atoms with Crippen LogP contribution >= 0.6 is 0 Å². The number of rotatable bonds is 9. The molecule has 6 heteroatoms. The second-order valence-electron chi connectivity index (χ2n) is 4.28. The number of ether oxygens (including phenoxy) is 1. The monoisotopic (exact) mass is 260 g/mol. The molecule has 0 aliphatic carbocycles. The standard InChI is InChI=1S/C12H24N2O4/c1-4-18-10(3)8-14-12(17)13-7-5-6-9(2)11(15)16/h9-10H,4-8H2,1-3H3,(H,15,16)(H2,13,14,17). The summed E-state index contributed by atoms with van der Waals surface area (Å²) in [5.41, 5.74) is 0. The summed E-state index contributed by atoms with van der Waals surface area (Å²) in [4.78, 5) is 21.9. The second-order valence-corrected chi connectivity index (χ2v) is 4.28. The molecule has 0 fully saturated rings. The maximum atomic E-state index is 11.3. The number of nitrogens with one attached hydrogen (secondary N) is 2. The van der Waals surface area contributed by atoms with Crippen LogP contribution in [0.25, 0.3) is 0 Å². The first-order valence-corrected chi connectivity index (χ1v) is 6.33. The zero-order chi connectivity index (χ0) is 14.0. The Balaban J connectivity index is 3.51. The summed E-state index contributed by atoms with van der Waals surface area (Å²) in [6, 6.07) is -0.246. The van der Waals surface area contributed by atoms with E-state index < -0.39 is 5.97 Å². The quantitative estimate of drug-likeness (QED) is 0.544. The number of carboxylic acid groups (broad SMARTS) is 1. The van der Waals surface area contributed by atoms with E-state index in [1.165, 1.54) is 0 Å². The summed E-state index contributed by atoms with van der Waals surface area (Å²) >= 11 is 0. The Kier molecular flexibility index (Phi) is 9.00. The van der Waals surface area contributed by atoms with Crippen molar-refractivity contribution in [2.24, 2.45) is 5.92 Å². The Morgan fingerprint density at radius 1 is 1.28 bits per heavy atom. The highest BCUT2D eigenvalue weighted by molar-refractivity contribution is 5.73. The number of hydrogen-bond acceptors (Lipinski definition) is 3. The van der Waals surface area contributed by atoms with Gasteiger partial charge in [0.05, 0.1) is 12.0 Å². The molecule has 2 unspecified atom stereocenters. The van der Waals surface area contributed by atoms with Crippen molar-refractivity contribution in [2.75, 3.05) is 19.7 Å². The third-order valence-corrected chi connectivity index (χ3v) is 2.52. The summed E-state index contributed by atoms with van der Waals surface area (Å²) in [7, 11) is 0. The van der Waals surface area contributed by atoms with Crippen LogP contribution in [0.4, 0.5) is 4.79 Å². The fourth-order valence-electron chi connectivity index (χ4n) is 1.38. The first-order valence-electron chi connectivity index (χ1n) is 6.33. The van der Waals surface area contributed by atoms with Crippen LogP contribution in [-0.2, 0) is 9.53 Å². The lowest BCUT2D eigenvalue weighted by Gasteiger charge is -2.13. The van der Waals surface area contributed by atoms with Crippen molar-refractivity contribution in [3.05, 3.63) is 0 Å². The van der Waals surface area contributed by atoms with Gasteiger partial charge in [0.15, 0.2) is 0 Å². The molecule has 0 saturated carbocycles. The Morgan fingerprint density at radius 3 is 2.50 bits per heavy atom. The molecule has 0 spiro atoms. The Labute approximate surface area is 108 Å². The maximum Gasteiger partial charge on any atom is 0.314 e. The van der Waals surface area contributed by atoms with Crippen molar-refractivity contribution in [2.45, 2.75) is 39.7 Å². The number of aliphatic carboxylic acids is 1. The zero-order valence-electron chi connectivity index (χ0n) is 11.4. The van der Waals surface area contributed by atoms with E-state index in [4.69, 9.17) is 9.84 Å². The topological polar surface area (TPSA) is 87.7 Å². The van der Waals surface area contributed by atoms with Gasteiger partial charge in [-0.25, -0.2) is 4.79 Å². The summed E-state index contributed by atoms with van der Waals surface area (Å²) in [5, 5.41) is 14.0. The van der Waals surface area contributed by atoms with E-state index in [0.717, 1.165) is 0 Å². The molecule has 0 aromatic carbocycles. The van der Waals surface area contributed by atoms with Crippen LogP contribution in [0, 0.1) is 5.92 Å². The molecule has 6 nitrogen and oxygen atoms in total. The average molecular weight is 260 g/mol. The SMILES string of the molecule is CCOC(C)CNC(=O)NCCCC(C)C(=O)O. The van der Waals surface area contributed by atoms with Gasteiger partial charge in [0, 0.05) is 19.7 Å². The summed E-state index contributed by atoms with van der Waals surface area (Å²) in [6.45, 7) is 7.01. The molecule has 0 radical (unpaired) electrons. The van der Waals surface area contributed by atoms with Crippen LogP contribution in [0.3, 0.4) is 0 Å². The van der Waals surface area contributed by atoms with E-state index in [0.29, 0.717) is 32.5 Å². The average Bonchev–Trinajstić information content (AvgIpc) is 2.32. The minimum Gasteiger partial charge on any atom is -0.481 e. The van der Waals surface area contributed by atoms with E-state index in [9.17, 15) is 9.59 Å². The molecule has 0 bridgehead atoms.